The maximum absolute atomic E-state index is 10.9. The monoisotopic (exact) mass is 358 g/mol. The van der Waals surface area contributed by atoms with Crippen LogP contribution in [-0.4, -0.2) is 44.6 Å². The first-order chi connectivity index (χ1) is 11.2. The summed E-state index contributed by atoms with van der Waals surface area (Å²) in [5.41, 5.74) is 10.7. The summed E-state index contributed by atoms with van der Waals surface area (Å²) in [6.07, 6.45) is 8.46. The first-order valence-corrected chi connectivity index (χ1v) is 9.52. The number of nitrogens with two attached hydrogens (primary N) is 2. The van der Waals surface area contributed by atoms with Crippen LogP contribution in [0.3, 0.4) is 0 Å². The lowest BCUT2D eigenvalue weighted by Crippen LogP contribution is -2.22. The molecule has 0 aliphatic heterocycles. The maximum atomic E-state index is 10.9. The average Bonchev–Trinajstić information content (AvgIpc) is 2.56. The lowest BCUT2D eigenvalue weighted by atomic mass is 9.97. The molecule has 0 bridgehead atoms. The van der Waals surface area contributed by atoms with Crippen molar-refractivity contribution in [2.75, 3.05) is 12.8 Å². The molecular formula is C16H26N2O5S. The Bertz CT molecular complexity index is 593. The molecule has 1 fully saturated rings. The summed E-state index contributed by atoms with van der Waals surface area (Å²) < 4.78 is 21.9. The van der Waals surface area contributed by atoms with Crippen LogP contribution in [0.15, 0.2) is 29.2 Å². The quantitative estimate of drug-likeness (QED) is 0.690. The molecule has 0 heterocycles. The summed E-state index contributed by atoms with van der Waals surface area (Å²) in [4.78, 5) is 19.7. The van der Waals surface area contributed by atoms with Crippen molar-refractivity contribution >= 4 is 22.1 Å². The topological polar surface area (TPSA) is 141 Å². The highest BCUT2D eigenvalue weighted by atomic mass is 32.2. The molecule has 1 aliphatic rings. The standard InChI is InChI=1S/C8H8O3S.C6H13N.C2H5NO2/c1-12(10,11)8-4-2-7(6-9)3-5-8;7-6-4-2-1-3-5-6;3-1-2(4)5/h2-6H,1H3;6H,1-5,7H2;1,3H2,(H,4,5). The molecule has 0 saturated heterocycles. The zero-order valence-electron chi connectivity index (χ0n) is 13.8. The predicted octanol–water partition coefficient (Wildman–Crippen LogP) is 1.21. The second-order valence-corrected chi connectivity index (χ2v) is 7.47. The number of sulfone groups is 1. The number of carboxylic acid groups (broad SMARTS) is 1. The maximum Gasteiger partial charge on any atom is 0.317 e. The number of rotatable bonds is 3. The van der Waals surface area contributed by atoms with Gasteiger partial charge in [-0.15, -0.1) is 0 Å². The normalized spacial score (nSPS) is 14.5. The third-order valence-electron chi connectivity index (χ3n) is 3.27. The van der Waals surface area contributed by atoms with Gasteiger partial charge in [0.05, 0.1) is 11.4 Å². The number of carbonyl (C=O) groups is 2. The van der Waals surface area contributed by atoms with Crippen molar-refractivity contribution in [3.8, 4) is 0 Å². The molecule has 0 spiro atoms. The summed E-state index contributed by atoms with van der Waals surface area (Å²) in [5, 5.41) is 7.60. The van der Waals surface area contributed by atoms with Crippen LogP contribution in [-0.2, 0) is 14.6 Å². The van der Waals surface area contributed by atoms with E-state index in [1.165, 1.54) is 56.4 Å². The molecule has 0 unspecified atom stereocenters. The molecule has 2 rings (SSSR count). The third-order valence-corrected chi connectivity index (χ3v) is 4.40. The Hall–Kier alpha value is -1.77. The smallest absolute Gasteiger partial charge is 0.317 e. The zero-order chi connectivity index (χ0) is 18.6. The van der Waals surface area contributed by atoms with Crippen molar-refractivity contribution in [2.45, 2.75) is 43.0 Å². The van der Waals surface area contributed by atoms with Gasteiger partial charge in [0, 0.05) is 17.9 Å². The fourth-order valence-electron chi connectivity index (χ4n) is 1.93. The van der Waals surface area contributed by atoms with Crippen LogP contribution in [0, 0.1) is 0 Å². The molecule has 5 N–H and O–H groups in total. The van der Waals surface area contributed by atoms with E-state index in [2.05, 4.69) is 5.73 Å². The third kappa shape index (κ3) is 10.9. The van der Waals surface area contributed by atoms with E-state index in [4.69, 9.17) is 10.8 Å². The molecule has 8 heteroatoms. The summed E-state index contributed by atoms with van der Waals surface area (Å²) in [5.74, 6) is -0.968. The van der Waals surface area contributed by atoms with E-state index < -0.39 is 15.8 Å². The minimum atomic E-state index is -3.14. The van der Waals surface area contributed by atoms with Gasteiger partial charge in [0.15, 0.2) is 9.84 Å². The zero-order valence-corrected chi connectivity index (χ0v) is 14.7. The van der Waals surface area contributed by atoms with Crippen LogP contribution in [0.5, 0.6) is 0 Å². The molecule has 0 aromatic heterocycles. The van der Waals surface area contributed by atoms with Crippen LogP contribution in [0.25, 0.3) is 0 Å². The van der Waals surface area contributed by atoms with Crippen molar-refractivity contribution < 1.29 is 23.1 Å². The number of hydrogen-bond donors (Lipinski definition) is 3. The van der Waals surface area contributed by atoms with Gasteiger partial charge in [-0.2, -0.15) is 0 Å². The van der Waals surface area contributed by atoms with E-state index in [0.717, 1.165) is 6.26 Å². The van der Waals surface area contributed by atoms with Gasteiger partial charge >= 0.3 is 5.97 Å². The number of aliphatic carboxylic acids is 1. The van der Waals surface area contributed by atoms with E-state index in [-0.39, 0.29) is 11.4 Å². The summed E-state index contributed by atoms with van der Waals surface area (Å²) in [6, 6.07) is 6.32. The van der Waals surface area contributed by atoms with E-state index >= 15 is 0 Å². The lowest BCUT2D eigenvalue weighted by molar-refractivity contribution is -0.135. The molecule has 1 aliphatic carbocycles. The largest absolute Gasteiger partial charge is 0.480 e. The number of benzene rings is 1. The minimum Gasteiger partial charge on any atom is -0.480 e. The molecule has 0 atom stereocenters. The summed E-state index contributed by atoms with van der Waals surface area (Å²) in [6.45, 7) is -0.278. The highest BCUT2D eigenvalue weighted by molar-refractivity contribution is 7.90. The van der Waals surface area contributed by atoms with Crippen LogP contribution >= 0.6 is 0 Å². The highest BCUT2D eigenvalue weighted by Crippen LogP contribution is 2.14. The van der Waals surface area contributed by atoms with Crippen molar-refractivity contribution in [2.24, 2.45) is 11.5 Å². The van der Waals surface area contributed by atoms with Gasteiger partial charge in [-0.05, 0) is 25.0 Å². The number of carbonyl (C=O) groups excluding carboxylic acids is 1. The van der Waals surface area contributed by atoms with Gasteiger partial charge < -0.3 is 16.6 Å². The lowest BCUT2D eigenvalue weighted by Gasteiger charge is -2.15. The Balaban J connectivity index is 0.000000373. The van der Waals surface area contributed by atoms with E-state index in [9.17, 15) is 18.0 Å². The van der Waals surface area contributed by atoms with Crippen LogP contribution in [0.2, 0.25) is 0 Å². The van der Waals surface area contributed by atoms with Crippen LogP contribution in [0.4, 0.5) is 0 Å². The Kier molecular flexibility index (Phi) is 10.9. The molecule has 0 amide bonds. The molecule has 7 nitrogen and oxygen atoms in total. The Labute approximate surface area is 143 Å². The Morgan fingerprint density at radius 2 is 1.67 bits per heavy atom. The first-order valence-electron chi connectivity index (χ1n) is 7.63. The fraction of sp³-hybridized carbons (Fsp3) is 0.500. The van der Waals surface area contributed by atoms with Gasteiger partial charge in [0.2, 0.25) is 0 Å². The van der Waals surface area contributed by atoms with Crippen LogP contribution in [0.1, 0.15) is 42.5 Å². The second-order valence-electron chi connectivity index (χ2n) is 5.46. The van der Waals surface area contributed by atoms with E-state index in [1.54, 1.807) is 0 Å². The average molecular weight is 358 g/mol. The second kappa shape index (κ2) is 11.7. The molecule has 24 heavy (non-hydrogen) atoms. The SMILES string of the molecule is CS(=O)(=O)c1ccc(C=O)cc1.NC1CCCCC1.NCC(=O)O. The summed E-state index contributed by atoms with van der Waals surface area (Å²) in [7, 11) is -3.14. The van der Waals surface area contributed by atoms with Gasteiger partial charge in [0.1, 0.15) is 6.29 Å². The van der Waals surface area contributed by atoms with E-state index in [1.807, 2.05) is 0 Å². The Morgan fingerprint density at radius 3 is 1.92 bits per heavy atom. The van der Waals surface area contributed by atoms with Crippen molar-refractivity contribution in [3.63, 3.8) is 0 Å². The minimum absolute atomic E-state index is 0.230. The van der Waals surface area contributed by atoms with Crippen molar-refractivity contribution in [3.05, 3.63) is 29.8 Å². The molecular weight excluding hydrogens is 332 g/mol. The summed E-state index contributed by atoms with van der Waals surface area (Å²) >= 11 is 0. The first kappa shape index (κ1) is 22.2. The number of hydrogen-bond acceptors (Lipinski definition) is 6. The Morgan fingerprint density at radius 1 is 1.21 bits per heavy atom. The van der Waals surface area contributed by atoms with Crippen molar-refractivity contribution in [1.82, 2.24) is 0 Å². The van der Waals surface area contributed by atoms with Gasteiger partial charge in [-0.25, -0.2) is 8.42 Å². The number of aldehydes is 1. The van der Waals surface area contributed by atoms with Crippen molar-refractivity contribution in [1.29, 1.82) is 0 Å². The molecule has 0 radical (unpaired) electrons. The fourth-order valence-corrected chi connectivity index (χ4v) is 2.56. The molecule has 1 aromatic carbocycles. The number of carboxylic acids is 1. The highest BCUT2D eigenvalue weighted by Gasteiger charge is 2.06. The molecule has 1 saturated carbocycles. The van der Waals surface area contributed by atoms with Gasteiger partial charge in [-0.3, -0.25) is 9.59 Å². The molecule has 1 aromatic rings. The van der Waals surface area contributed by atoms with Crippen LogP contribution < -0.4 is 11.5 Å². The van der Waals surface area contributed by atoms with Gasteiger partial charge in [0.25, 0.3) is 0 Å². The predicted molar refractivity (Wildman–Crippen MR) is 92.7 cm³/mol. The van der Waals surface area contributed by atoms with Gasteiger partial charge in [-0.1, -0.05) is 31.4 Å². The molecule has 136 valence electrons. The van der Waals surface area contributed by atoms with E-state index in [0.29, 0.717) is 17.9 Å².